The third-order valence-electron chi connectivity index (χ3n) is 5.66. The monoisotopic (exact) mass is 418 g/mol. The molecule has 0 atom stereocenters. The van der Waals surface area contributed by atoms with Crippen LogP contribution in [0.15, 0.2) is 73.3 Å². The lowest BCUT2D eigenvalue weighted by molar-refractivity contribution is -0.154. The largest absolute Gasteiger partial charge is 0.507 e. The van der Waals surface area contributed by atoms with Gasteiger partial charge in [0.05, 0.1) is 0 Å². The molecule has 3 nitrogen and oxygen atoms in total. The lowest BCUT2D eigenvalue weighted by atomic mass is 9.99. The summed E-state index contributed by atoms with van der Waals surface area (Å²) < 4.78 is 5.47. The average Bonchev–Trinajstić information content (AvgIpc) is 3.45. The van der Waals surface area contributed by atoms with Crippen LogP contribution in [0.4, 0.5) is 0 Å². The minimum Gasteiger partial charge on any atom is -0.507 e. The Balaban J connectivity index is 0.000000169. The number of hydrogen-bond donors (Lipinski definition) is 1. The van der Waals surface area contributed by atoms with Gasteiger partial charge in [0.25, 0.3) is 0 Å². The fourth-order valence-electron chi connectivity index (χ4n) is 3.69. The standard InChI is InChI=1S/C11H18O2.C9H8.C8H8O/c1-4-11(7-5-6-8-11)13-10(12)9(2)3;1-2-5-9-7-3-6-8(9)4-1;1-2-7-5-3-4-6-8(7)9/h2,4-8H2,1,3H3;1-6H,7H2;2-6,9H,1H2. The van der Waals surface area contributed by atoms with E-state index in [-0.39, 0.29) is 17.3 Å². The highest BCUT2D eigenvalue weighted by Crippen LogP contribution is 2.36. The first-order valence-electron chi connectivity index (χ1n) is 10.9. The Kier molecular flexibility index (Phi) is 9.33. The number of carbonyl (C=O) groups is 1. The van der Waals surface area contributed by atoms with Gasteiger partial charge in [-0.05, 0) is 62.6 Å². The Bertz CT molecular complexity index is 911. The normalized spacial score (nSPS) is 14.9. The summed E-state index contributed by atoms with van der Waals surface area (Å²) in [6, 6.07) is 15.6. The molecule has 0 saturated heterocycles. The van der Waals surface area contributed by atoms with Crippen LogP contribution in [0.2, 0.25) is 0 Å². The van der Waals surface area contributed by atoms with Crippen LogP contribution in [0.25, 0.3) is 12.2 Å². The van der Waals surface area contributed by atoms with Crippen molar-refractivity contribution in [3.05, 3.63) is 90.0 Å². The summed E-state index contributed by atoms with van der Waals surface area (Å²) in [5.74, 6) is 0.0521. The molecule has 2 aliphatic rings. The fraction of sp³-hybridized carbons (Fsp3) is 0.321. The first kappa shape index (κ1) is 24.2. The minimum absolute atomic E-state index is 0.171. The van der Waals surface area contributed by atoms with E-state index in [0.29, 0.717) is 5.57 Å². The molecule has 0 heterocycles. The molecule has 0 bridgehead atoms. The number of fused-ring (bicyclic) bond motifs is 1. The second-order valence-corrected chi connectivity index (χ2v) is 7.98. The molecule has 2 aromatic carbocycles. The summed E-state index contributed by atoms with van der Waals surface area (Å²) in [6.45, 7) is 10.9. The van der Waals surface area contributed by atoms with Gasteiger partial charge >= 0.3 is 5.97 Å². The second kappa shape index (κ2) is 11.9. The van der Waals surface area contributed by atoms with Crippen LogP contribution in [-0.2, 0) is 16.0 Å². The summed E-state index contributed by atoms with van der Waals surface area (Å²) in [5, 5.41) is 9.04. The van der Waals surface area contributed by atoms with E-state index in [0.717, 1.165) is 31.2 Å². The zero-order valence-corrected chi connectivity index (χ0v) is 18.8. The summed E-state index contributed by atoms with van der Waals surface area (Å²) in [7, 11) is 0. The smallest absolute Gasteiger partial charge is 0.333 e. The molecule has 164 valence electrons. The number of phenolic OH excluding ortho intramolecular Hbond substituents is 1. The van der Waals surface area contributed by atoms with E-state index in [1.165, 1.54) is 24.0 Å². The first-order chi connectivity index (χ1) is 14.9. The number of esters is 1. The van der Waals surface area contributed by atoms with Gasteiger partial charge in [-0.1, -0.05) is 80.8 Å². The summed E-state index contributed by atoms with van der Waals surface area (Å²) in [5.41, 5.74) is 3.95. The van der Waals surface area contributed by atoms with Crippen LogP contribution < -0.4 is 0 Å². The Morgan fingerprint density at radius 2 is 1.77 bits per heavy atom. The number of rotatable bonds is 4. The van der Waals surface area contributed by atoms with Crippen molar-refractivity contribution in [2.75, 3.05) is 0 Å². The Morgan fingerprint density at radius 1 is 1.13 bits per heavy atom. The lowest BCUT2D eigenvalue weighted by Gasteiger charge is -2.27. The number of para-hydroxylation sites is 1. The first-order valence-corrected chi connectivity index (χ1v) is 10.9. The number of allylic oxidation sites excluding steroid dienone is 1. The molecule has 0 unspecified atom stereocenters. The molecule has 2 aliphatic carbocycles. The Hall–Kier alpha value is -3.07. The van der Waals surface area contributed by atoms with Gasteiger partial charge in [0.15, 0.2) is 0 Å². The zero-order chi connectivity index (χ0) is 22.7. The maximum atomic E-state index is 11.3. The highest BCUT2D eigenvalue weighted by molar-refractivity contribution is 5.87. The predicted octanol–water partition coefficient (Wildman–Crippen LogP) is 7.12. The van der Waals surface area contributed by atoms with E-state index in [1.54, 1.807) is 25.1 Å². The third kappa shape index (κ3) is 7.29. The molecule has 31 heavy (non-hydrogen) atoms. The van der Waals surface area contributed by atoms with Crippen molar-refractivity contribution in [2.24, 2.45) is 0 Å². The third-order valence-corrected chi connectivity index (χ3v) is 5.66. The van der Waals surface area contributed by atoms with Crippen LogP contribution in [0, 0.1) is 0 Å². The molecule has 0 aromatic heterocycles. The average molecular weight is 419 g/mol. The van der Waals surface area contributed by atoms with Crippen molar-refractivity contribution >= 4 is 18.1 Å². The van der Waals surface area contributed by atoms with E-state index in [1.807, 2.05) is 12.1 Å². The second-order valence-electron chi connectivity index (χ2n) is 7.98. The quantitative estimate of drug-likeness (QED) is 0.425. The molecule has 1 saturated carbocycles. The van der Waals surface area contributed by atoms with E-state index in [9.17, 15) is 4.79 Å². The van der Waals surface area contributed by atoms with Crippen molar-refractivity contribution in [1.29, 1.82) is 0 Å². The van der Waals surface area contributed by atoms with Crippen LogP contribution in [0.1, 0.15) is 62.6 Å². The van der Waals surface area contributed by atoms with Gasteiger partial charge < -0.3 is 9.84 Å². The Morgan fingerprint density at radius 3 is 2.32 bits per heavy atom. The number of hydrogen-bond acceptors (Lipinski definition) is 3. The van der Waals surface area contributed by atoms with Gasteiger partial charge in [-0.2, -0.15) is 0 Å². The van der Waals surface area contributed by atoms with Gasteiger partial charge in [-0.25, -0.2) is 4.79 Å². The Labute approximate surface area is 186 Å². The summed E-state index contributed by atoms with van der Waals surface area (Å²) in [6.07, 6.45) is 12.4. The van der Waals surface area contributed by atoms with Crippen LogP contribution in [-0.4, -0.2) is 16.7 Å². The molecular weight excluding hydrogens is 384 g/mol. The van der Waals surface area contributed by atoms with E-state index in [4.69, 9.17) is 9.84 Å². The maximum Gasteiger partial charge on any atom is 0.333 e. The van der Waals surface area contributed by atoms with E-state index in [2.05, 4.69) is 56.5 Å². The minimum atomic E-state index is -0.233. The number of phenols is 1. The van der Waals surface area contributed by atoms with Gasteiger partial charge in [0.1, 0.15) is 11.4 Å². The molecule has 0 aliphatic heterocycles. The van der Waals surface area contributed by atoms with Crippen molar-refractivity contribution in [2.45, 2.75) is 58.0 Å². The van der Waals surface area contributed by atoms with Crippen LogP contribution in [0.3, 0.4) is 0 Å². The SMILES string of the molecule is C1=Cc2ccccc2C1.C=C(C)C(=O)OC1(CC)CCCC1.C=Cc1ccccc1O. The van der Waals surface area contributed by atoms with Crippen LogP contribution in [0.5, 0.6) is 5.75 Å². The fourth-order valence-corrected chi connectivity index (χ4v) is 3.69. The predicted molar refractivity (Wildman–Crippen MR) is 130 cm³/mol. The van der Waals surface area contributed by atoms with Gasteiger partial charge in [-0.3, -0.25) is 0 Å². The van der Waals surface area contributed by atoms with Crippen molar-refractivity contribution in [3.63, 3.8) is 0 Å². The van der Waals surface area contributed by atoms with E-state index < -0.39 is 0 Å². The number of ether oxygens (including phenoxy) is 1. The molecule has 1 fully saturated rings. The molecule has 4 rings (SSSR count). The molecule has 0 radical (unpaired) electrons. The summed E-state index contributed by atoms with van der Waals surface area (Å²) in [4.78, 5) is 11.3. The van der Waals surface area contributed by atoms with Crippen LogP contribution >= 0.6 is 0 Å². The van der Waals surface area contributed by atoms with Gasteiger partial charge in [0, 0.05) is 11.1 Å². The van der Waals surface area contributed by atoms with Gasteiger partial charge in [0.2, 0.25) is 0 Å². The van der Waals surface area contributed by atoms with Crippen molar-refractivity contribution in [3.8, 4) is 5.75 Å². The van der Waals surface area contributed by atoms with E-state index >= 15 is 0 Å². The maximum absolute atomic E-state index is 11.3. The lowest BCUT2D eigenvalue weighted by Crippen LogP contribution is -2.31. The molecule has 3 heteroatoms. The zero-order valence-electron chi connectivity index (χ0n) is 18.8. The van der Waals surface area contributed by atoms with Crippen molar-refractivity contribution in [1.82, 2.24) is 0 Å². The highest BCUT2D eigenvalue weighted by atomic mass is 16.6. The highest BCUT2D eigenvalue weighted by Gasteiger charge is 2.35. The molecule has 0 amide bonds. The number of benzene rings is 2. The number of carbonyl (C=O) groups excluding carboxylic acids is 1. The molecule has 2 aromatic rings. The van der Waals surface area contributed by atoms with Crippen molar-refractivity contribution < 1.29 is 14.6 Å². The summed E-state index contributed by atoms with van der Waals surface area (Å²) >= 11 is 0. The number of aromatic hydroxyl groups is 1. The van der Waals surface area contributed by atoms with Gasteiger partial charge in [-0.15, -0.1) is 0 Å². The molecule has 1 N–H and O–H groups in total. The molecular formula is C28H34O3. The topological polar surface area (TPSA) is 46.5 Å². The molecule has 0 spiro atoms.